The van der Waals surface area contributed by atoms with Crippen molar-refractivity contribution in [2.45, 2.75) is 59.9 Å². The molecule has 1 spiro atoms. The van der Waals surface area contributed by atoms with Gasteiger partial charge < -0.3 is 5.32 Å². The average Bonchev–Trinajstić information content (AvgIpc) is 2.79. The molecule has 1 saturated carbocycles. The normalized spacial score (nSPS) is 28.2. The number of hydrogen-bond acceptors (Lipinski definition) is 1. The Hall–Kier alpha value is -0.0400. The smallest absolute Gasteiger partial charge is 0.00447 e. The first-order valence-electron chi connectivity index (χ1n) is 5.54. The lowest BCUT2D eigenvalue weighted by molar-refractivity contribution is 0.557. The van der Waals surface area contributed by atoms with E-state index < -0.39 is 0 Å². The van der Waals surface area contributed by atoms with Crippen molar-refractivity contribution in [2.75, 3.05) is 6.54 Å². The quantitative estimate of drug-likeness (QED) is 0.590. The molecule has 1 nitrogen and oxygen atoms in total. The van der Waals surface area contributed by atoms with E-state index in [0.717, 1.165) is 11.5 Å². The largest absolute Gasteiger partial charge is 0.314 e. The third kappa shape index (κ3) is 3.14. The van der Waals surface area contributed by atoms with E-state index in [1.54, 1.807) is 0 Å². The summed E-state index contributed by atoms with van der Waals surface area (Å²) in [6.07, 6.45) is 4.42. The predicted molar refractivity (Wildman–Crippen MR) is 56.4 cm³/mol. The van der Waals surface area contributed by atoms with Gasteiger partial charge in [0.1, 0.15) is 0 Å². The van der Waals surface area contributed by atoms with Crippen LogP contribution in [0.4, 0.5) is 0 Å². The van der Waals surface area contributed by atoms with Gasteiger partial charge in [0.05, 0.1) is 0 Å². The average molecular weight is 171 g/mol. The van der Waals surface area contributed by atoms with Gasteiger partial charge in [0, 0.05) is 12.6 Å². The van der Waals surface area contributed by atoms with E-state index in [1.165, 1.54) is 25.8 Å². The van der Waals surface area contributed by atoms with Gasteiger partial charge in [-0.3, -0.25) is 0 Å². The lowest BCUT2D eigenvalue weighted by Crippen LogP contribution is -2.16. The molecule has 1 atom stereocenters. The van der Waals surface area contributed by atoms with Crippen LogP contribution >= 0.6 is 0 Å². The Morgan fingerprint density at radius 1 is 1.08 bits per heavy atom. The minimum atomic E-state index is 0.803. The first-order chi connectivity index (χ1) is 5.81. The van der Waals surface area contributed by atoms with Crippen molar-refractivity contribution in [1.29, 1.82) is 0 Å². The highest BCUT2D eigenvalue weighted by Gasteiger charge is 2.46. The van der Waals surface area contributed by atoms with E-state index in [2.05, 4.69) is 12.2 Å². The van der Waals surface area contributed by atoms with Crippen molar-refractivity contribution in [3.8, 4) is 0 Å². The van der Waals surface area contributed by atoms with Gasteiger partial charge in [-0.05, 0) is 31.6 Å². The van der Waals surface area contributed by atoms with Crippen LogP contribution < -0.4 is 5.32 Å². The molecule has 1 saturated heterocycles. The second kappa shape index (κ2) is 5.58. The number of nitrogens with one attached hydrogen (secondary N) is 1. The molecule has 1 heteroatoms. The van der Waals surface area contributed by atoms with Gasteiger partial charge in [-0.2, -0.15) is 0 Å². The molecule has 0 aromatic carbocycles. The Balaban J connectivity index is 0.000000269. The molecule has 1 heterocycles. The molecular weight excluding hydrogens is 146 g/mol. The first kappa shape index (κ1) is 12.0. The van der Waals surface area contributed by atoms with Gasteiger partial charge in [-0.25, -0.2) is 0 Å². The van der Waals surface area contributed by atoms with Crippen LogP contribution in [0.1, 0.15) is 53.9 Å². The molecule has 0 bridgehead atoms. The van der Waals surface area contributed by atoms with Crippen molar-refractivity contribution in [1.82, 2.24) is 5.32 Å². The summed E-state index contributed by atoms with van der Waals surface area (Å²) in [6, 6.07) is 0.803. The third-order valence-corrected chi connectivity index (χ3v) is 2.52. The van der Waals surface area contributed by atoms with Gasteiger partial charge in [0.25, 0.3) is 0 Å². The molecular formula is C11H25N. The summed E-state index contributed by atoms with van der Waals surface area (Å²) in [6.45, 7) is 11.6. The van der Waals surface area contributed by atoms with Crippen molar-refractivity contribution >= 4 is 0 Å². The molecule has 12 heavy (non-hydrogen) atoms. The van der Waals surface area contributed by atoms with Gasteiger partial charge in [0.15, 0.2) is 0 Å². The van der Waals surface area contributed by atoms with Crippen molar-refractivity contribution in [3.05, 3.63) is 0 Å². The second-order valence-electron chi connectivity index (χ2n) is 3.49. The molecule has 1 aliphatic carbocycles. The van der Waals surface area contributed by atoms with E-state index in [1.807, 2.05) is 27.7 Å². The fraction of sp³-hybridized carbons (Fsp3) is 1.00. The molecule has 0 amide bonds. The minimum Gasteiger partial charge on any atom is -0.314 e. The first-order valence-corrected chi connectivity index (χ1v) is 5.54. The maximum atomic E-state index is 3.47. The maximum Gasteiger partial charge on any atom is 0.00447 e. The van der Waals surface area contributed by atoms with Crippen LogP contribution in [0.5, 0.6) is 0 Å². The van der Waals surface area contributed by atoms with Crippen molar-refractivity contribution in [2.24, 2.45) is 5.41 Å². The molecule has 1 N–H and O–H groups in total. The van der Waals surface area contributed by atoms with E-state index >= 15 is 0 Å². The standard InChI is InChI=1S/C7H13N.2C2H6/c1-6-4-7(2-3-7)5-8-6;2*1-2/h6,8H,2-5H2,1H3;2*1-2H3. The Morgan fingerprint density at radius 3 is 1.75 bits per heavy atom. The zero-order chi connectivity index (χ0) is 9.61. The van der Waals surface area contributed by atoms with Crippen molar-refractivity contribution in [3.63, 3.8) is 0 Å². The summed E-state index contributed by atoms with van der Waals surface area (Å²) >= 11 is 0. The van der Waals surface area contributed by atoms with Crippen LogP contribution in [0.3, 0.4) is 0 Å². The Labute approximate surface area is 77.9 Å². The Morgan fingerprint density at radius 2 is 1.58 bits per heavy atom. The fourth-order valence-electron chi connectivity index (χ4n) is 1.74. The Kier molecular flexibility index (Phi) is 5.56. The summed E-state index contributed by atoms with van der Waals surface area (Å²) < 4.78 is 0. The number of rotatable bonds is 0. The van der Waals surface area contributed by atoms with Crippen LogP contribution in [0.2, 0.25) is 0 Å². The molecule has 2 aliphatic rings. The second-order valence-corrected chi connectivity index (χ2v) is 3.49. The van der Waals surface area contributed by atoms with Crippen LogP contribution in [0.25, 0.3) is 0 Å². The van der Waals surface area contributed by atoms with Gasteiger partial charge in [0.2, 0.25) is 0 Å². The molecule has 74 valence electrons. The minimum absolute atomic E-state index is 0.803. The van der Waals surface area contributed by atoms with Crippen LogP contribution in [-0.2, 0) is 0 Å². The number of hydrogen-bond donors (Lipinski definition) is 1. The zero-order valence-corrected chi connectivity index (χ0v) is 9.41. The molecule has 1 aliphatic heterocycles. The summed E-state index contributed by atoms with van der Waals surface area (Å²) in [7, 11) is 0. The highest BCUT2D eigenvalue weighted by Crippen LogP contribution is 2.51. The predicted octanol–water partition coefficient (Wildman–Crippen LogP) is 3.20. The van der Waals surface area contributed by atoms with E-state index in [0.29, 0.717) is 0 Å². The summed E-state index contributed by atoms with van der Waals surface area (Å²) in [5.74, 6) is 0. The van der Waals surface area contributed by atoms with Crippen molar-refractivity contribution < 1.29 is 0 Å². The monoisotopic (exact) mass is 171 g/mol. The molecule has 1 unspecified atom stereocenters. The van der Waals surface area contributed by atoms with E-state index in [-0.39, 0.29) is 0 Å². The lowest BCUT2D eigenvalue weighted by atomic mass is 10.0. The molecule has 0 radical (unpaired) electrons. The summed E-state index contributed by atoms with van der Waals surface area (Å²) in [5, 5.41) is 3.47. The Bertz CT molecular complexity index is 106. The molecule has 2 rings (SSSR count). The fourth-order valence-corrected chi connectivity index (χ4v) is 1.74. The SMILES string of the molecule is CC.CC.CC1CC2(CC2)CN1. The van der Waals surface area contributed by atoms with E-state index in [9.17, 15) is 0 Å². The van der Waals surface area contributed by atoms with Gasteiger partial charge in [-0.15, -0.1) is 0 Å². The lowest BCUT2D eigenvalue weighted by Gasteiger charge is -1.99. The van der Waals surface area contributed by atoms with E-state index in [4.69, 9.17) is 0 Å². The molecule has 0 aromatic heterocycles. The highest BCUT2D eigenvalue weighted by molar-refractivity contribution is 5.01. The van der Waals surface area contributed by atoms with Crippen LogP contribution in [0.15, 0.2) is 0 Å². The zero-order valence-electron chi connectivity index (χ0n) is 9.41. The molecule has 2 fully saturated rings. The molecule has 0 aromatic rings. The van der Waals surface area contributed by atoms with Gasteiger partial charge >= 0.3 is 0 Å². The summed E-state index contributed by atoms with van der Waals surface area (Å²) in [4.78, 5) is 0. The topological polar surface area (TPSA) is 12.0 Å². The van der Waals surface area contributed by atoms with Gasteiger partial charge in [-0.1, -0.05) is 27.7 Å². The van der Waals surface area contributed by atoms with Crippen LogP contribution in [-0.4, -0.2) is 12.6 Å². The third-order valence-electron chi connectivity index (χ3n) is 2.52. The highest BCUT2D eigenvalue weighted by atomic mass is 15.0. The maximum absolute atomic E-state index is 3.47. The van der Waals surface area contributed by atoms with Crippen LogP contribution in [0, 0.1) is 5.41 Å². The summed E-state index contributed by atoms with van der Waals surface area (Å²) in [5.41, 5.74) is 0.805.